The number of carbonyl (C=O) groups excluding carboxylic acids is 3. The van der Waals surface area contributed by atoms with Gasteiger partial charge in [-0.15, -0.1) is 0 Å². The molecule has 0 aromatic rings. The van der Waals surface area contributed by atoms with Gasteiger partial charge in [-0.3, -0.25) is 4.79 Å². The maximum Gasteiger partial charge on any atom is 0.408 e. The van der Waals surface area contributed by atoms with Crippen LogP contribution in [0.1, 0.15) is 47.0 Å². The predicted molar refractivity (Wildman–Crippen MR) is 88.4 cm³/mol. The van der Waals surface area contributed by atoms with E-state index in [0.717, 1.165) is 19.4 Å². The average Bonchev–Trinajstić information content (AvgIpc) is 2.45. The van der Waals surface area contributed by atoms with Crippen molar-refractivity contribution in [1.29, 1.82) is 0 Å². The number of esters is 1. The Morgan fingerprint density at radius 1 is 1.29 bits per heavy atom. The highest BCUT2D eigenvalue weighted by molar-refractivity contribution is 5.88. The quantitative estimate of drug-likeness (QED) is 0.613. The number of nitrogens with one attached hydrogen (secondary N) is 3. The molecule has 1 fully saturated rings. The Kier molecular flexibility index (Phi) is 7.97. The lowest BCUT2D eigenvalue weighted by molar-refractivity contribution is -0.147. The molecule has 0 radical (unpaired) electrons. The van der Waals surface area contributed by atoms with Crippen LogP contribution in [0.4, 0.5) is 4.79 Å². The smallest absolute Gasteiger partial charge is 0.408 e. The maximum absolute atomic E-state index is 12.2. The summed E-state index contributed by atoms with van der Waals surface area (Å²) >= 11 is 0. The molecule has 0 aromatic heterocycles. The van der Waals surface area contributed by atoms with Crippen molar-refractivity contribution >= 4 is 18.0 Å². The minimum atomic E-state index is -1.07. The zero-order chi connectivity index (χ0) is 18.2. The molecule has 0 aromatic carbocycles. The molecule has 0 saturated carbocycles. The summed E-state index contributed by atoms with van der Waals surface area (Å²) in [4.78, 5) is 36.0. The van der Waals surface area contributed by atoms with E-state index in [2.05, 4.69) is 16.0 Å². The average molecular weight is 343 g/mol. The summed E-state index contributed by atoms with van der Waals surface area (Å²) in [5, 5.41) is 8.48. The van der Waals surface area contributed by atoms with E-state index in [1.165, 1.54) is 0 Å². The van der Waals surface area contributed by atoms with Crippen LogP contribution in [-0.2, 0) is 19.1 Å². The van der Waals surface area contributed by atoms with Crippen LogP contribution in [0, 0.1) is 0 Å². The summed E-state index contributed by atoms with van der Waals surface area (Å²) < 4.78 is 10.1. The van der Waals surface area contributed by atoms with Gasteiger partial charge >= 0.3 is 12.1 Å². The zero-order valence-electron chi connectivity index (χ0n) is 14.9. The third-order valence-electron chi connectivity index (χ3n) is 3.31. The minimum Gasteiger partial charge on any atom is -0.464 e. The number of piperidine rings is 1. The van der Waals surface area contributed by atoms with E-state index in [1.807, 2.05) is 0 Å². The van der Waals surface area contributed by atoms with E-state index in [9.17, 15) is 14.4 Å². The molecule has 3 N–H and O–H groups in total. The number of alkyl carbamates (subject to hydrolysis) is 1. The van der Waals surface area contributed by atoms with Crippen LogP contribution in [-0.4, -0.2) is 55.4 Å². The normalized spacial score (nSPS) is 19.1. The number of ether oxygens (including phenoxy) is 2. The van der Waals surface area contributed by atoms with Crippen molar-refractivity contribution in [2.24, 2.45) is 0 Å². The molecule has 1 unspecified atom stereocenters. The Morgan fingerprint density at radius 3 is 2.54 bits per heavy atom. The Hall–Kier alpha value is -1.83. The molecule has 8 heteroatoms. The van der Waals surface area contributed by atoms with Crippen LogP contribution in [0.3, 0.4) is 0 Å². The molecular formula is C16H29N3O5. The van der Waals surface area contributed by atoms with Crippen LogP contribution in [0.2, 0.25) is 0 Å². The lowest BCUT2D eigenvalue weighted by Crippen LogP contribution is -2.50. The first kappa shape index (κ1) is 20.2. The molecule has 0 aliphatic carbocycles. The second-order valence-electron chi connectivity index (χ2n) is 6.77. The lowest BCUT2D eigenvalue weighted by atomic mass is 10.1. The standard InChI is InChI=1S/C16H29N3O5/c1-5-23-14(21)12(19-15(22)24-16(2,3)4)9-13(20)18-11-7-6-8-17-10-11/h11-12,17H,5-10H2,1-4H3,(H,18,20)(H,19,22)/t11?,12-/m0/s1. The van der Waals surface area contributed by atoms with Gasteiger partial charge in [-0.1, -0.05) is 0 Å². The summed E-state index contributed by atoms with van der Waals surface area (Å²) in [5.41, 5.74) is -0.695. The molecule has 2 amide bonds. The van der Waals surface area contributed by atoms with Gasteiger partial charge in [-0.05, 0) is 47.1 Å². The van der Waals surface area contributed by atoms with Crippen LogP contribution >= 0.6 is 0 Å². The van der Waals surface area contributed by atoms with E-state index >= 15 is 0 Å². The summed E-state index contributed by atoms with van der Waals surface area (Å²) in [6.07, 6.45) is 0.937. The van der Waals surface area contributed by atoms with Gasteiger partial charge in [-0.2, -0.15) is 0 Å². The topological polar surface area (TPSA) is 106 Å². The van der Waals surface area contributed by atoms with E-state index in [1.54, 1.807) is 27.7 Å². The highest BCUT2D eigenvalue weighted by Crippen LogP contribution is 2.08. The molecule has 138 valence electrons. The molecule has 1 aliphatic heterocycles. The van der Waals surface area contributed by atoms with Crippen molar-refractivity contribution in [2.75, 3.05) is 19.7 Å². The molecule has 0 spiro atoms. The van der Waals surface area contributed by atoms with Crippen molar-refractivity contribution in [3.8, 4) is 0 Å². The van der Waals surface area contributed by atoms with Gasteiger partial charge in [0.05, 0.1) is 13.0 Å². The molecule has 1 heterocycles. The van der Waals surface area contributed by atoms with Gasteiger partial charge in [0.15, 0.2) is 0 Å². The van der Waals surface area contributed by atoms with Crippen LogP contribution in [0.15, 0.2) is 0 Å². The lowest BCUT2D eigenvalue weighted by Gasteiger charge is -2.25. The summed E-state index contributed by atoms with van der Waals surface area (Å²) in [6.45, 7) is 8.63. The second kappa shape index (κ2) is 9.46. The van der Waals surface area contributed by atoms with Gasteiger partial charge in [0, 0.05) is 12.6 Å². The Labute approximate surface area is 143 Å². The number of carbonyl (C=O) groups is 3. The predicted octanol–water partition coefficient (Wildman–Crippen LogP) is 0.701. The van der Waals surface area contributed by atoms with Gasteiger partial charge in [0.25, 0.3) is 0 Å². The molecule has 1 saturated heterocycles. The Bertz CT molecular complexity index is 441. The summed E-state index contributed by atoms with van der Waals surface area (Å²) in [5.74, 6) is -0.960. The molecule has 2 atom stereocenters. The fourth-order valence-electron chi connectivity index (χ4n) is 2.33. The third kappa shape index (κ3) is 8.14. The summed E-state index contributed by atoms with van der Waals surface area (Å²) in [6, 6.07) is -1.04. The first-order valence-electron chi connectivity index (χ1n) is 8.37. The molecule has 1 aliphatic rings. The van der Waals surface area contributed by atoms with Crippen LogP contribution in [0.5, 0.6) is 0 Å². The molecule has 24 heavy (non-hydrogen) atoms. The van der Waals surface area contributed by atoms with Gasteiger partial charge in [0.1, 0.15) is 11.6 Å². The Balaban J connectivity index is 2.58. The van der Waals surface area contributed by atoms with Crippen molar-refractivity contribution in [3.63, 3.8) is 0 Å². The number of amides is 2. The van der Waals surface area contributed by atoms with Crippen molar-refractivity contribution < 1.29 is 23.9 Å². The zero-order valence-corrected chi connectivity index (χ0v) is 14.9. The van der Waals surface area contributed by atoms with Gasteiger partial charge < -0.3 is 25.4 Å². The van der Waals surface area contributed by atoms with Crippen LogP contribution < -0.4 is 16.0 Å². The number of rotatable bonds is 6. The minimum absolute atomic E-state index is 0.0376. The first-order chi connectivity index (χ1) is 11.2. The fraction of sp³-hybridized carbons (Fsp3) is 0.812. The summed E-state index contributed by atoms with van der Waals surface area (Å²) in [7, 11) is 0. The van der Waals surface area contributed by atoms with Crippen LogP contribution in [0.25, 0.3) is 0 Å². The molecular weight excluding hydrogens is 314 g/mol. The highest BCUT2D eigenvalue weighted by atomic mass is 16.6. The molecule has 8 nitrogen and oxygen atoms in total. The van der Waals surface area contributed by atoms with Crippen molar-refractivity contribution in [3.05, 3.63) is 0 Å². The first-order valence-corrected chi connectivity index (χ1v) is 8.37. The largest absolute Gasteiger partial charge is 0.464 e. The van der Waals surface area contributed by atoms with Crippen molar-refractivity contribution in [1.82, 2.24) is 16.0 Å². The van der Waals surface area contributed by atoms with Crippen molar-refractivity contribution in [2.45, 2.75) is 64.6 Å². The van der Waals surface area contributed by atoms with E-state index < -0.39 is 23.7 Å². The van der Waals surface area contributed by atoms with E-state index in [0.29, 0.717) is 6.54 Å². The maximum atomic E-state index is 12.2. The number of hydrogen-bond acceptors (Lipinski definition) is 6. The fourth-order valence-corrected chi connectivity index (χ4v) is 2.33. The van der Waals surface area contributed by atoms with Gasteiger partial charge in [-0.25, -0.2) is 9.59 Å². The SMILES string of the molecule is CCOC(=O)[C@H](CC(=O)NC1CCCNC1)NC(=O)OC(C)(C)C. The Morgan fingerprint density at radius 2 is 2.00 bits per heavy atom. The monoisotopic (exact) mass is 343 g/mol. The number of hydrogen-bond donors (Lipinski definition) is 3. The van der Waals surface area contributed by atoms with Gasteiger partial charge in [0.2, 0.25) is 5.91 Å². The van der Waals surface area contributed by atoms with E-state index in [4.69, 9.17) is 9.47 Å². The van der Waals surface area contributed by atoms with E-state index in [-0.39, 0.29) is 25.0 Å². The second-order valence-corrected chi connectivity index (χ2v) is 6.77. The molecule has 1 rings (SSSR count). The third-order valence-corrected chi connectivity index (χ3v) is 3.31. The highest BCUT2D eigenvalue weighted by Gasteiger charge is 2.28. The molecule has 0 bridgehead atoms.